The molecule has 3 rings (SSSR count). The van der Waals surface area contributed by atoms with Gasteiger partial charge >= 0.3 is 0 Å². The number of nitrogens with one attached hydrogen (secondary N) is 1. The van der Waals surface area contributed by atoms with Crippen LogP contribution >= 0.6 is 0 Å². The number of hydrogen-bond acceptors (Lipinski definition) is 5. The van der Waals surface area contributed by atoms with Gasteiger partial charge in [0.25, 0.3) is 5.91 Å². The minimum atomic E-state index is -3.50. The Morgan fingerprint density at radius 2 is 1.53 bits per heavy atom. The topological polar surface area (TPSA) is 84.9 Å². The predicted molar refractivity (Wildman–Crippen MR) is 125 cm³/mol. The summed E-state index contributed by atoms with van der Waals surface area (Å²) in [7, 11) is -0.379. The van der Waals surface area contributed by atoms with Gasteiger partial charge in [0.05, 0.1) is 32.7 Å². The molecule has 0 atom stereocenters. The number of ether oxygens (including phenoxy) is 2. The van der Waals surface area contributed by atoms with Crippen molar-refractivity contribution in [1.82, 2.24) is 5.32 Å². The number of rotatable bonds is 9. The minimum Gasteiger partial charge on any atom is -0.493 e. The number of carbonyl (C=O) groups excluding carboxylic acids is 1. The van der Waals surface area contributed by atoms with E-state index in [1.54, 1.807) is 50.6 Å². The molecule has 0 aliphatic carbocycles. The number of methoxy groups -OCH3 is 2. The number of hydrogen-bond donors (Lipinski definition) is 1. The van der Waals surface area contributed by atoms with E-state index in [9.17, 15) is 13.2 Å². The van der Waals surface area contributed by atoms with E-state index in [1.165, 1.54) is 10.6 Å². The maximum Gasteiger partial charge on any atom is 0.251 e. The maximum absolute atomic E-state index is 12.6. The van der Waals surface area contributed by atoms with Crippen LogP contribution in [-0.2, 0) is 23.1 Å². The average molecular weight is 455 g/mol. The van der Waals surface area contributed by atoms with Crippen LogP contribution in [0.2, 0.25) is 0 Å². The highest BCUT2D eigenvalue weighted by atomic mass is 32.2. The van der Waals surface area contributed by atoms with Gasteiger partial charge in [0.1, 0.15) is 0 Å². The summed E-state index contributed by atoms with van der Waals surface area (Å²) in [6, 6.07) is 21.3. The van der Waals surface area contributed by atoms with E-state index >= 15 is 0 Å². The fraction of sp³-hybridized carbons (Fsp3) is 0.208. The molecule has 168 valence electrons. The summed E-state index contributed by atoms with van der Waals surface area (Å²) in [4.78, 5) is 12.6. The second-order valence-corrected chi connectivity index (χ2v) is 9.08. The molecule has 7 nitrogen and oxygen atoms in total. The van der Waals surface area contributed by atoms with Gasteiger partial charge in [-0.25, -0.2) is 8.42 Å². The zero-order valence-electron chi connectivity index (χ0n) is 18.2. The molecule has 3 aromatic carbocycles. The summed E-state index contributed by atoms with van der Waals surface area (Å²) in [6.45, 7) is 0.523. The number of benzene rings is 3. The molecule has 0 saturated heterocycles. The maximum atomic E-state index is 12.6. The lowest BCUT2D eigenvalue weighted by Crippen LogP contribution is -2.29. The van der Waals surface area contributed by atoms with Crippen LogP contribution in [0.4, 0.5) is 5.69 Å². The lowest BCUT2D eigenvalue weighted by Gasteiger charge is -2.22. The molecule has 0 saturated carbocycles. The number of nitrogens with zero attached hydrogens (tertiary/aromatic N) is 1. The monoisotopic (exact) mass is 454 g/mol. The highest BCUT2D eigenvalue weighted by molar-refractivity contribution is 7.92. The molecule has 0 spiro atoms. The van der Waals surface area contributed by atoms with Crippen molar-refractivity contribution in [3.8, 4) is 11.5 Å². The van der Waals surface area contributed by atoms with E-state index < -0.39 is 10.0 Å². The second-order valence-electron chi connectivity index (χ2n) is 7.17. The second kappa shape index (κ2) is 10.2. The first-order valence-corrected chi connectivity index (χ1v) is 11.8. The SMILES string of the molecule is COc1ccc(CNC(=O)c2ccc(N(Cc3ccccc3)S(C)(=O)=O)cc2)cc1OC. The zero-order valence-corrected chi connectivity index (χ0v) is 19.1. The van der Waals surface area contributed by atoms with Gasteiger partial charge < -0.3 is 14.8 Å². The van der Waals surface area contributed by atoms with Crippen LogP contribution in [0.1, 0.15) is 21.5 Å². The summed E-state index contributed by atoms with van der Waals surface area (Å²) in [5.41, 5.74) is 2.66. The van der Waals surface area contributed by atoms with E-state index in [-0.39, 0.29) is 12.5 Å². The van der Waals surface area contributed by atoms with Gasteiger partial charge in [-0.05, 0) is 47.5 Å². The van der Waals surface area contributed by atoms with E-state index in [1.807, 2.05) is 36.4 Å². The van der Waals surface area contributed by atoms with Crippen LogP contribution in [0.25, 0.3) is 0 Å². The Hall–Kier alpha value is -3.52. The van der Waals surface area contributed by atoms with Gasteiger partial charge in [-0.15, -0.1) is 0 Å². The third kappa shape index (κ3) is 5.79. The molecule has 0 bridgehead atoms. The lowest BCUT2D eigenvalue weighted by atomic mass is 10.1. The predicted octanol–water partition coefficient (Wildman–Crippen LogP) is 3.60. The molecular formula is C24H26N2O5S. The minimum absolute atomic E-state index is 0.213. The molecule has 0 heterocycles. The first kappa shape index (κ1) is 23.1. The number of carbonyl (C=O) groups is 1. The summed E-state index contributed by atoms with van der Waals surface area (Å²) in [5.74, 6) is 0.937. The van der Waals surface area contributed by atoms with Crippen molar-refractivity contribution < 1.29 is 22.7 Å². The number of anilines is 1. The Bertz CT molecular complexity index is 1160. The zero-order chi connectivity index (χ0) is 23.1. The number of amides is 1. The molecule has 0 aromatic heterocycles. The summed E-state index contributed by atoms with van der Waals surface area (Å²) >= 11 is 0. The molecule has 32 heavy (non-hydrogen) atoms. The third-order valence-electron chi connectivity index (χ3n) is 4.89. The molecular weight excluding hydrogens is 428 g/mol. The van der Waals surface area contributed by atoms with Crippen molar-refractivity contribution in [2.75, 3.05) is 24.8 Å². The molecule has 0 aliphatic heterocycles. The van der Waals surface area contributed by atoms with E-state index in [2.05, 4.69) is 5.32 Å². The smallest absolute Gasteiger partial charge is 0.251 e. The number of sulfonamides is 1. The van der Waals surface area contributed by atoms with Crippen LogP contribution in [0.15, 0.2) is 72.8 Å². The summed E-state index contributed by atoms with van der Waals surface area (Å²) in [6.07, 6.45) is 1.17. The Labute approximate surface area is 188 Å². The lowest BCUT2D eigenvalue weighted by molar-refractivity contribution is 0.0951. The molecule has 0 radical (unpaired) electrons. The van der Waals surface area contributed by atoms with Gasteiger partial charge in [-0.3, -0.25) is 9.10 Å². The molecule has 8 heteroatoms. The fourth-order valence-electron chi connectivity index (χ4n) is 3.20. The quantitative estimate of drug-likeness (QED) is 0.534. The first-order valence-electron chi connectivity index (χ1n) is 9.92. The van der Waals surface area contributed by atoms with Crippen LogP contribution < -0.4 is 19.1 Å². The molecule has 3 aromatic rings. The normalized spacial score (nSPS) is 11.0. The van der Waals surface area contributed by atoms with Crippen molar-refractivity contribution in [3.63, 3.8) is 0 Å². The standard InChI is InChI=1S/C24H26N2O5S/c1-30-22-14-9-19(15-23(22)31-2)16-25-24(27)20-10-12-21(13-11-20)26(32(3,28)29)17-18-7-5-4-6-8-18/h4-15H,16-17H2,1-3H3,(H,25,27). The summed E-state index contributed by atoms with van der Waals surface area (Å²) < 4.78 is 36.5. The highest BCUT2D eigenvalue weighted by Gasteiger charge is 2.18. The molecule has 1 N–H and O–H groups in total. The average Bonchev–Trinajstić information content (AvgIpc) is 2.81. The van der Waals surface area contributed by atoms with Gasteiger partial charge in [0.2, 0.25) is 10.0 Å². The molecule has 0 fully saturated rings. The van der Waals surface area contributed by atoms with Crippen molar-refractivity contribution in [2.24, 2.45) is 0 Å². The Morgan fingerprint density at radius 1 is 0.875 bits per heavy atom. The van der Waals surface area contributed by atoms with Crippen molar-refractivity contribution in [2.45, 2.75) is 13.1 Å². The van der Waals surface area contributed by atoms with Crippen molar-refractivity contribution >= 4 is 21.6 Å². The molecule has 1 amide bonds. The van der Waals surface area contributed by atoms with Crippen LogP contribution in [0.3, 0.4) is 0 Å². The van der Waals surface area contributed by atoms with E-state index in [4.69, 9.17) is 9.47 Å². The van der Waals surface area contributed by atoms with Crippen LogP contribution in [0, 0.1) is 0 Å². The van der Waals surface area contributed by atoms with Crippen molar-refractivity contribution in [1.29, 1.82) is 0 Å². The van der Waals surface area contributed by atoms with Crippen molar-refractivity contribution in [3.05, 3.63) is 89.5 Å². The third-order valence-corrected chi connectivity index (χ3v) is 6.03. The Kier molecular flexibility index (Phi) is 7.37. The van der Waals surface area contributed by atoms with Gasteiger partial charge in [-0.1, -0.05) is 36.4 Å². The molecule has 0 aliphatic rings. The largest absolute Gasteiger partial charge is 0.493 e. The van der Waals surface area contributed by atoms with E-state index in [0.29, 0.717) is 29.3 Å². The fourth-order valence-corrected chi connectivity index (χ4v) is 4.09. The van der Waals surface area contributed by atoms with Gasteiger partial charge in [-0.2, -0.15) is 0 Å². The van der Waals surface area contributed by atoms with Crippen LogP contribution in [0.5, 0.6) is 11.5 Å². The van der Waals surface area contributed by atoms with Gasteiger partial charge in [0.15, 0.2) is 11.5 Å². The Balaban J connectivity index is 1.70. The molecule has 0 unspecified atom stereocenters. The Morgan fingerprint density at radius 3 is 2.12 bits per heavy atom. The summed E-state index contributed by atoms with van der Waals surface area (Å²) in [5, 5.41) is 2.86. The van der Waals surface area contributed by atoms with E-state index in [0.717, 1.165) is 11.1 Å². The highest BCUT2D eigenvalue weighted by Crippen LogP contribution is 2.27. The first-order chi connectivity index (χ1) is 15.3. The van der Waals surface area contributed by atoms with Crippen LogP contribution in [-0.4, -0.2) is 34.8 Å². The van der Waals surface area contributed by atoms with Gasteiger partial charge in [0, 0.05) is 12.1 Å².